The topological polar surface area (TPSA) is 38.3 Å². The molecule has 1 atom stereocenters. The van der Waals surface area contributed by atoms with Crippen molar-refractivity contribution in [3.8, 4) is 0 Å². The fraction of sp³-hybridized carbons (Fsp3) is 0.308. The average molecular weight is 217 g/mol. The summed E-state index contributed by atoms with van der Waals surface area (Å²) in [4.78, 5) is 11.8. The van der Waals surface area contributed by atoms with Crippen molar-refractivity contribution < 1.29 is 9.53 Å². The van der Waals surface area contributed by atoms with Gasteiger partial charge in [0.1, 0.15) is 0 Å². The first-order valence-electron chi connectivity index (χ1n) is 5.36. The van der Waals surface area contributed by atoms with E-state index in [-0.39, 0.29) is 11.9 Å². The van der Waals surface area contributed by atoms with Gasteiger partial charge in [-0.05, 0) is 0 Å². The molecule has 3 nitrogen and oxygen atoms in total. The van der Waals surface area contributed by atoms with E-state index in [0.717, 1.165) is 24.2 Å². The molecule has 0 aliphatic carbocycles. The number of allylic oxidation sites excluding steroid dienone is 1. The van der Waals surface area contributed by atoms with Crippen molar-refractivity contribution >= 4 is 5.78 Å². The summed E-state index contributed by atoms with van der Waals surface area (Å²) >= 11 is 0. The van der Waals surface area contributed by atoms with Crippen molar-refractivity contribution in [2.24, 2.45) is 0 Å². The molecule has 1 heterocycles. The molecular weight excluding hydrogens is 202 g/mol. The molecule has 0 saturated carbocycles. The first-order valence-corrected chi connectivity index (χ1v) is 5.36. The normalized spacial score (nSPS) is 22.1. The minimum atomic E-state index is 0.0415. The Hall–Kier alpha value is -1.61. The first kappa shape index (κ1) is 10.9. The van der Waals surface area contributed by atoms with Crippen LogP contribution >= 0.6 is 0 Å². The Bertz CT molecular complexity index is 398. The van der Waals surface area contributed by atoms with E-state index in [1.54, 1.807) is 13.2 Å². The van der Waals surface area contributed by atoms with Gasteiger partial charge in [-0.15, -0.1) is 0 Å². The Balaban J connectivity index is 2.05. The van der Waals surface area contributed by atoms with Crippen molar-refractivity contribution in [1.29, 1.82) is 0 Å². The second kappa shape index (κ2) is 4.94. The summed E-state index contributed by atoms with van der Waals surface area (Å²) in [7, 11) is 1.69. The van der Waals surface area contributed by atoms with Crippen LogP contribution in [0.3, 0.4) is 0 Å². The molecule has 1 saturated heterocycles. The van der Waals surface area contributed by atoms with Crippen LogP contribution in [0.1, 0.15) is 16.8 Å². The van der Waals surface area contributed by atoms with Crippen LogP contribution in [0.5, 0.6) is 0 Å². The fourth-order valence-corrected chi connectivity index (χ4v) is 1.76. The van der Waals surface area contributed by atoms with E-state index >= 15 is 0 Å². The molecular formula is C13H15NO2. The molecule has 0 radical (unpaired) electrons. The number of carbonyl (C=O) groups excluding carboxylic acids is 1. The van der Waals surface area contributed by atoms with Gasteiger partial charge in [0.25, 0.3) is 0 Å². The third-order valence-electron chi connectivity index (χ3n) is 2.70. The summed E-state index contributed by atoms with van der Waals surface area (Å²) in [6, 6.07) is 9.28. The zero-order chi connectivity index (χ0) is 11.4. The molecule has 0 spiro atoms. The predicted molar refractivity (Wildman–Crippen MR) is 62.3 cm³/mol. The Morgan fingerprint density at radius 3 is 2.81 bits per heavy atom. The molecule has 0 aromatic heterocycles. The molecule has 16 heavy (non-hydrogen) atoms. The summed E-state index contributed by atoms with van der Waals surface area (Å²) < 4.78 is 5.21. The number of ketones is 1. The monoisotopic (exact) mass is 217 g/mol. The number of hydrogen-bond acceptors (Lipinski definition) is 3. The van der Waals surface area contributed by atoms with Gasteiger partial charge in [0.05, 0.1) is 6.10 Å². The standard InChI is InChI=1S/C13H15NO2/c1-16-12-7-11(14-9-12)8-13(15)10-5-3-2-4-6-10/h2-6,8,12,14H,7,9H2,1H3/b11-8-. The van der Waals surface area contributed by atoms with E-state index in [1.807, 2.05) is 30.3 Å². The molecule has 1 N–H and O–H groups in total. The molecule has 1 aliphatic rings. The maximum Gasteiger partial charge on any atom is 0.187 e. The Labute approximate surface area is 95.1 Å². The van der Waals surface area contributed by atoms with E-state index in [9.17, 15) is 4.79 Å². The SMILES string of the molecule is COC1CN/C(=C\C(=O)c2ccccc2)C1. The number of nitrogens with one attached hydrogen (secondary N) is 1. The molecule has 1 aliphatic heterocycles. The van der Waals surface area contributed by atoms with Gasteiger partial charge in [0, 0.05) is 37.4 Å². The lowest BCUT2D eigenvalue weighted by Crippen LogP contribution is -2.14. The summed E-state index contributed by atoms with van der Waals surface area (Å²) in [5.74, 6) is 0.0415. The van der Waals surface area contributed by atoms with Gasteiger partial charge < -0.3 is 10.1 Å². The van der Waals surface area contributed by atoms with Gasteiger partial charge in [0.2, 0.25) is 0 Å². The highest BCUT2D eigenvalue weighted by Crippen LogP contribution is 2.13. The van der Waals surface area contributed by atoms with Gasteiger partial charge in [-0.25, -0.2) is 0 Å². The van der Waals surface area contributed by atoms with Crippen LogP contribution in [0, 0.1) is 0 Å². The lowest BCUT2D eigenvalue weighted by molar-refractivity contribution is 0.104. The number of carbonyl (C=O) groups is 1. The van der Waals surface area contributed by atoms with Crippen LogP contribution in [-0.4, -0.2) is 25.5 Å². The molecule has 0 bridgehead atoms. The number of ether oxygens (including phenoxy) is 1. The zero-order valence-corrected chi connectivity index (χ0v) is 9.27. The van der Waals surface area contributed by atoms with E-state index in [1.165, 1.54) is 0 Å². The van der Waals surface area contributed by atoms with Crippen LogP contribution in [0.15, 0.2) is 42.1 Å². The second-order valence-corrected chi connectivity index (χ2v) is 3.84. The lowest BCUT2D eigenvalue weighted by atomic mass is 10.1. The smallest absolute Gasteiger partial charge is 0.187 e. The van der Waals surface area contributed by atoms with Crippen LogP contribution < -0.4 is 5.32 Å². The van der Waals surface area contributed by atoms with Crippen molar-refractivity contribution in [3.05, 3.63) is 47.7 Å². The number of benzene rings is 1. The molecule has 3 heteroatoms. The second-order valence-electron chi connectivity index (χ2n) is 3.84. The van der Waals surface area contributed by atoms with Gasteiger partial charge in [-0.1, -0.05) is 30.3 Å². The third kappa shape index (κ3) is 2.49. The first-order chi connectivity index (χ1) is 7.79. The van der Waals surface area contributed by atoms with Crippen molar-refractivity contribution in [1.82, 2.24) is 5.32 Å². The van der Waals surface area contributed by atoms with Crippen molar-refractivity contribution in [2.45, 2.75) is 12.5 Å². The Morgan fingerprint density at radius 1 is 1.44 bits per heavy atom. The quantitative estimate of drug-likeness (QED) is 0.619. The molecule has 84 valence electrons. The highest BCUT2D eigenvalue weighted by molar-refractivity contribution is 6.04. The number of methoxy groups -OCH3 is 1. The lowest BCUT2D eigenvalue weighted by Gasteiger charge is -2.01. The third-order valence-corrected chi connectivity index (χ3v) is 2.70. The highest BCUT2D eigenvalue weighted by atomic mass is 16.5. The number of hydrogen-bond donors (Lipinski definition) is 1. The van der Waals surface area contributed by atoms with Crippen LogP contribution in [-0.2, 0) is 4.74 Å². The Morgan fingerprint density at radius 2 is 2.19 bits per heavy atom. The minimum Gasteiger partial charge on any atom is -0.386 e. The van der Waals surface area contributed by atoms with Gasteiger partial charge in [-0.3, -0.25) is 4.79 Å². The molecule has 1 aromatic carbocycles. The highest BCUT2D eigenvalue weighted by Gasteiger charge is 2.18. The maximum absolute atomic E-state index is 11.8. The largest absolute Gasteiger partial charge is 0.386 e. The fourth-order valence-electron chi connectivity index (χ4n) is 1.76. The van der Waals surface area contributed by atoms with Gasteiger partial charge >= 0.3 is 0 Å². The zero-order valence-electron chi connectivity index (χ0n) is 9.27. The summed E-state index contributed by atoms with van der Waals surface area (Å²) in [5.41, 5.74) is 1.68. The minimum absolute atomic E-state index is 0.0415. The van der Waals surface area contributed by atoms with Crippen LogP contribution in [0.4, 0.5) is 0 Å². The molecule has 2 rings (SSSR count). The van der Waals surface area contributed by atoms with Crippen molar-refractivity contribution in [3.63, 3.8) is 0 Å². The summed E-state index contributed by atoms with van der Waals surface area (Å²) in [6.07, 6.45) is 2.64. The maximum atomic E-state index is 11.8. The molecule has 1 aromatic rings. The Kier molecular flexibility index (Phi) is 3.37. The van der Waals surface area contributed by atoms with Gasteiger partial charge in [0.15, 0.2) is 5.78 Å². The molecule has 0 amide bonds. The predicted octanol–water partition coefficient (Wildman–Crippen LogP) is 1.76. The average Bonchev–Trinajstić information content (AvgIpc) is 2.78. The summed E-state index contributed by atoms with van der Waals surface area (Å²) in [5, 5.41) is 3.17. The summed E-state index contributed by atoms with van der Waals surface area (Å²) in [6.45, 7) is 0.782. The van der Waals surface area contributed by atoms with E-state index in [0.29, 0.717) is 0 Å². The van der Waals surface area contributed by atoms with Crippen LogP contribution in [0.2, 0.25) is 0 Å². The van der Waals surface area contributed by atoms with E-state index < -0.39 is 0 Å². The number of rotatable bonds is 3. The van der Waals surface area contributed by atoms with Gasteiger partial charge in [-0.2, -0.15) is 0 Å². The van der Waals surface area contributed by atoms with E-state index in [4.69, 9.17) is 4.74 Å². The van der Waals surface area contributed by atoms with Crippen LogP contribution in [0.25, 0.3) is 0 Å². The van der Waals surface area contributed by atoms with E-state index in [2.05, 4.69) is 5.32 Å². The molecule has 1 fully saturated rings. The molecule has 1 unspecified atom stereocenters. The van der Waals surface area contributed by atoms with Crippen molar-refractivity contribution in [2.75, 3.05) is 13.7 Å².